The summed E-state index contributed by atoms with van der Waals surface area (Å²) in [5.41, 5.74) is 0.859. The second-order valence-corrected chi connectivity index (χ2v) is 3.95. The molecule has 17 heavy (non-hydrogen) atoms. The van der Waals surface area contributed by atoms with Crippen LogP contribution in [0.2, 0.25) is 0 Å². The number of nitrogens with one attached hydrogen (secondary N) is 1. The van der Waals surface area contributed by atoms with Crippen molar-refractivity contribution in [3.8, 4) is 0 Å². The summed E-state index contributed by atoms with van der Waals surface area (Å²) in [4.78, 5) is 18.2. The lowest BCUT2D eigenvalue weighted by Crippen LogP contribution is -2.40. The van der Waals surface area contributed by atoms with Crippen LogP contribution in [0, 0.1) is 0 Å². The predicted octanol–water partition coefficient (Wildman–Crippen LogP) is -0.0338. The number of nitrogens with zero attached hydrogens (tertiary/aromatic N) is 2. The maximum Gasteiger partial charge on any atom is 0.247 e. The van der Waals surface area contributed by atoms with Crippen molar-refractivity contribution in [1.82, 2.24) is 15.2 Å². The zero-order chi connectivity index (χ0) is 12.3. The largest absolute Gasteiger partial charge is 0.446 e. The Labute approximate surface area is 99.9 Å². The van der Waals surface area contributed by atoms with E-state index in [9.17, 15) is 4.79 Å². The molecule has 0 aliphatic carbocycles. The summed E-state index contributed by atoms with van der Waals surface area (Å²) in [5, 5.41) is 2.98. The molecular formula is C11H17N3O3. The van der Waals surface area contributed by atoms with Gasteiger partial charge in [0.15, 0.2) is 12.2 Å². The lowest BCUT2D eigenvalue weighted by molar-refractivity contribution is -0.134. The Kier molecular flexibility index (Phi) is 3.75. The molecule has 0 saturated heterocycles. The minimum atomic E-state index is -0.438. The van der Waals surface area contributed by atoms with E-state index in [1.807, 2.05) is 0 Å². The molecule has 0 spiro atoms. The van der Waals surface area contributed by atoms with Gasteiger partial charge in [0, 0.05) is 26.6 Å². The molecule has 6 nitrogen and oxygen atoms in total. The van der Waals surface area contributed by atoms with Gasteiger partial charge in [-0.2, -0.15) is 0 Å². The van der Waals surface area contributed by atoms with Crippen molar-refractivity contribution in [3.63, 3.8) is 0 Å². The summed E-state index contributed by atoms with van der Waals surface area (Å²) in [7, 11) is 3.37. The van der Waals surface area contributed by atoms with Gasteiger partial charge in [-0.05, 0) is 7.05 Å². The SMILES string of the molecule is CNC1C(=O)N(CCOC)CCc2ncoc21. The first-order valence-electron chi connectivity index (χ1n) is 5.65. The van der Waals surface area contributed by atoms with Gasteiger partial charge in [0.05, 0.1) is 12.3 Å². The highest BCUT2D eigenvalue weighted by molar-refractivity contribution is 5.83. The molecule has 0 fully saturated rings. The maximum atomic E-state index is 12.3. The third-order valence-corrected chi connectivity index (χ3v) is 2.97. The number of aromatic nitrogens is 1. The van der Waals surface area contributed by atoms with E-state index in [4.69, 9.17) is 9.15 Å². The maximum absolute atomic E-state index is 12.3. The number of fused-ring (bicyclic) bond motifs is 1. The van der Waals surface area contributed by atoms with Crippen LogP contribution in [0.15, 0.2) is 10.8 Å². The number of methoxy groups -OCH3 is 1. The van der Waals surface area contributed by atoms with Gasteiger partial charge < -0.3 is 19.4 Å². The van der Waals surface area contributed by atoms with Crippen LogP contribution in [0.1, 0.15) is 17.5 Å². The summed E-state index contributed by atoms with van der Waals surface area (Å²) >= 11 is 0. The zero-order valence-electron chi connectivity index (χ0n) is 10.1. The number of carbonyl (C=O) groups excluding carboxylic acids is 1. The van der Waals surface area contributed by atoms with E-state index in [2.05, 4.69) is 10.3 Å². The summed E-state index contributed by atoms with van der Waals surface area (Å²) in [6.07, 6.45) is 2.12. The first kappa shape index (κ1) is 12.1. The van der Waals surface area contributed by atoms with E-state index in [1.165, 1.54) is 6.39 Å². The van der Waals surface area contributed by atoms with Gasteiger partial charge in [-0.25, -0.2) is 4.98 Å². The van der Waals surface area contributed by atoms with Gasteiger partial charge in [-0.3, -0.25) is 4.79 Å². The van der Waals surface area contributed by atoms with E-state index in [0.717, 1.165) is 12.1 Å². The van der Waals surface area contributed by atoms with Gasteiger partial charge in [-0.1, -0.05) is 0 Å². The van der Waals surface area contributed by atoms with Gasteiger partial charge in [0.25, 0.3) is 0 Å². The molecule has 1 amide bonds. The normalized spacial score (nSPS) is 20.2. The summed E-state index contributed by atoms with van der Waals surface area (Å²) in [5.74, 6) is 0.650. The topological polar surface area (TPSA) is 67.6 Å². The van der Waals surface area contributed by atoms with E-state index < -0.39 is 6.04 Å². The van der Waals surface area contributed by atoms with Crippen LogP contribution in [0.4, 0.5) is 0 Å². The highest BCUT2D eigenvalue weighted by atomic mass is 16.5. The fourth-order valence-electron chi connectivity index (χ4n) is 2.02. The van der Waals surface area contributed by atoms with Crippen molar-refractivity contribution in [2.75, 3.05) is 33.9 Å². The third kappa shape index (κ3) is 2.32. The van der Waals surface area contributed by atoms with E-state index in [0.29, 0.717) is 25.5 Å². The number of oxazole rings is 1. The molecular weight excluding hydrogens is 222 g/mol. The lowest BCUT2D eigenvalue weighted by atomic mass is 10.1. The van der Waals surface area contributed by atoms with Crippen LogP contribution >= 0.6 is 0 Å². The quantitative estimate of drug-likeness (QED) is 0.799. The summed E-state index contributed by atoms with van der Waals surface area (Å²) in [6.45, 7) is 1.79. The molecule has 1 atom stereocenters. The van der Waals surface area contributed by atoms with Crippen molar-refractivity contribution in [1.29, 1.82) is 0 Å². The molecule has 1 unspecified atom stereocenters. The molecule has 0 bridgehead atoms. The first-order valence-corrected chi connectivity index (χ1v) is 5.65. The highest BCUT2D eigenvalue weighted by Gasteiger charge is 2.32. The van der Waals surface area contributed by atoms with Crippen LogP contribution < -0.4 is 5.32 Å². The number of ether oxygens (including phenoxy) is 1. The smallest absolute Gasteiger partial charge is 0.247 e. The number of hydrogen-bond donors (Lipinski definition) is 1. The summed E-state index contributed by atoms with van der Waals surface area (Å²) < 4.78 is 10.3. The van der Waals surface area contributed by atoms with Crippen LogP contribution in [-0.4, -0.2) is 49.6 Å². The molecule has 0 radical (unpaired) electrons. The molecule has 2 heterocycles. The molecule has 1 aromatic rings. The molecule has 1 aliphatic heterocycles. The highest BCUT2D eigenvalue weighted by Crippen LogP contribution is 2.23. The standard InChI is InChI=1S/C11H17N3O3/c1-12-9-10-8(13-7-17-10)3-4-14(11(9)15)5-6-16-2/h7,9,12H,3-6H2,1-2H3. The molecule has 94 valence electrons. The Hall–Kier alpha value is -1.40. The van der Waals surface area contributed by atoms with E-state index in [-0.39, 0.29) is 5.91 Å². The average molecular weight is 239 g/mol. The van der Waals surface area contributed by atoms with Gasteiger partial charge in [-0.15, -0.1) is 0 Å². The van der Waals surface area contributed by atoms with Crippen LogP contribution in [0.3, 0.4) is 0 Å². The van der Waals surface area contributed by atoms with Crippen molar-refractivity contribution < 1.29 is 13.9 Å². The summed E-state index contributed by atoms with van der Waals surface area (Å²) in [6, 6.07) is -0.438. The number of rotatable bonds is 4. The second-order valence-electron chi connectivity index (χ2n) is 3.95. The molecule has 6 heteroatoms. The second kappa shape index (κ2) is 5.29. The molecule has 2 rings (SSSR count). The van der Waals surface area contributed by atoms with Crippen molar-refractivity contribution in [2.24, 2.45) is 0 Å². The Morgan fingerprint density at radius 2 is 2.53 bits per heavy atom. The molecule has 1 aliphatic rings. The van der Waals surface area contributed by atoms with E-state index >= 15 is 0 Å². The Morgan fingerprint density at radius 3 is 3.24 bits per heavy atom. The number of carbonyl (C=O) groups is 1. The van der Waals surface area contributed by atoms with Crippen molar-refractivity contribution in [2.45, 2.75) is 12.5 Å². The predicted molar refractivity (Wildman–Crippen MR) is 60.5 cm³/mol. The molecule has 1 aromatic heterocycles. The number of amides is 1. The van der Waals surface area contributed by atoms with Gasteiger partial charge in [0.2, 0.25) is 5.91 Å². The minimum Gasteiger partial charge on any atom is -0.446 e. The van der Waals surface area contributed by atoms with Crippen molar-refractivity contribution >= 4 is 5.91 Å². The number of hydrogen-bond acceptors (Lipinski definition) is 5. The van der Waals surface area contributed by atoms with E-state index in [1.54, 1.807) is 19.1 Å². The molecule has 1 N–H and O–H groups in total. The molecule has 0 aromatic carbocycles. The first-order chi connectivity index (χ1) is 8.27. The van der Waals surface area contributed by atoms with Crippen molar-refractivity contribution in [3.05, 3.63) is 17.8 Å². The van der Waals surface area contributed by atoms with Crippen LogP contribution in [-0.2, 0) is 16.0 Å². The Bertz CT molecular complexity index is 391. The van der Waals surface area contributed by atoms with Crippen LogP contribution in [0.25, 0.3) is 0 Å². The molecule has 0 saturated carbocycles. The lowest BCUT2D eigenvalue weighted by Gasteiger charge is -2.23. The zero-order valence-corrected chi connectivity index (χ0v) is 10.1. The third-order valence-electron chi connectivity index (χ3n) is 2.97. The average Bonchev–Trinajstić information content (AvgIpc) is 2.74. The number of likely N-dealkylation sites (N-methyl/N-ethyl adjacent to an activating group) is 1. The monoisotopic (exact) mass is 239 g/mol. The van der Waals surface area contributed by atoms with Gasteiger partial charge >= 0.3 is 0 Å². The van der Waals surface area contributed by atoms with Gasteiger partial charge in [0.1, 0.15) is 6.04 Å². The van der Waals surface area contributed by atoms with Crippen LogP contribution in [0.5, 0.6) is 0 Å². The minimum absolute atomic E-state index is 0.0139. The fraction of sp³-hybridized carbons (Fsp3) is 0.636. The Morgan fingerprint density at radius 1 is 1.71 bits per heavy atom. The fourth-order valence-corrected chi connectivity index (χ4v) is 2.02. The Balaban J connectivity index is 2.19.